The number of fused-ring (bicyclic) bond motifs is 1. The molecule has 1 aliphatic heterocycles. The van der Waals surface area contributed by atoms with Crippen molar-refractivity contribution in [3.8, 4) is 0 Å². The maximum absolute atomic E-state index is 13.1. The fourth-order valence-electron chi connectivity index (χ4n) is 4.63. The third kappa shape index (κ3) is 4.41. The first-order valence-corrected chi connectivity index (χ1v) is 12.8. The summed E-state index contributed by atoms with van der Waals surface area (Å²) in [6.45, 7) is 4.45. The zero-order chi connectivity index (χ0) is 21.5. The predicted molar refractivity (Wildman–Crippen MR) is 116 cm³/mol. The molecule has 2 fully saturated rings. The van der Waals surface area contributed by atoms with Crippen LogP contribution in [0.4, 0.5) is 5.69 Å². The second-order valence-corrected chi connectivity index (χ2v) is 11.8. The van der Waals surface area contributed by atoms with Crippen molar-refractivity contribution in [3.63, 3.8) is 0 Å². The first kappa shape index (κ1) is 21.3. The van der Waals surface area contributed by atoms with Gasteiger partial charge in [0.05, 0.1) is 10.1 Å². The Labute approximate surface area is 179 Å². The van der Waals surface area contributed by atoms with Gasteiger partial charge in [0.15, 0.2) is 9.84 Å². The highest BCUT2D eigenvalue weighted by atomic mass is 32.2. The van der Waals surface area contributed by atoms with Crippen molar-refractivity contribution in [1.29, 1.82) is 0 Å². The topological polar surface area (TPSA) is 83.6 Å². The van der Waals surface area contributed by atoms with Crippen LogP contribution in [0.1, 0.15) is 64.4 Å². The van der Waals surface area contributed by atoms with Gasteiger partial charge in [0.1, 0.15) is 0 Å². The van der Waals surface area contributed by atoms with E-state index in [2.05, 4.69) is 12.2 Å². The molecule has 7 heteroatoms. The van der Waals surface area contributed by atoms with E-state index in [-0.39, 0.29) is 35.1 Å². The molecule has 1 atom stereocenters. The second-order valence-electron chi connectivity index (χ2n) is 9.39. The van der Waals surface area contributed by atoms with Gasteiger partial charge in [-0.3, -0.25) is 9.59 Å². The van der Waals surface area contributed by atoms with Gasteiger partial charge < -0.3 is 10.2 Å². The average molecular weight is 433 g/mol. The van der Waals surface area contributed by atoms with Crippen molar-refractivity contribution >= 4 is 27.3 Å². The Morgan fingerprint density at radius 3 is 2.50 bits per heavy atom. The van der Waals surface area contributed by atoms with E-state index in [0.29, 0.717) is 18.9 Å². The fourth-order valence-corrected chi connectivity index (χ4v) is 6.03. The SMILES string of the molecule is CC1CCC(NC(=O)CC(C)S(=O)(=O)c2ccc3c(c2)CCN3C(=O)C2CC2)CC1. The second kappa shape index (κ2) is 8.33. The number of anilines is 1. The van der Waals surface area contributed by atoms with E-state index in [1.807, 2.05) is 0 Å². The molecule has 6 nitrogen and oxygen atoms in total. The van der Waals surface area contributed by atoms with Crippen LogP contribution in [0.15, 0.2) is 23.1 Å². The number of sulfone groups is 1. The van der Waals surface area contributed by atoms with Crippen LogP contribution in [-0.2, 0) is 25.8 Å². The molecular formula is C23H32N2O4S. The van der Waals surface area contributed by atoms with Gasteiger partial charge in [0, 0.05) is 30.6 Å². The van der Waals surface area contributed by atoms with Crippen LogP contribution in [0.3, 0.4) is 0 Å². The molecule has 0 saturated heterocycles. The summed E-state index contributed by atoms with van der Waals surface area (Å²) in [4.78, 5) is 26.9. The number of hydrogen-bond donors (Lipinski definition) is 1. The van der Waals surface area contributed by atoms with Gasteiger partial charge >= 0.3 is 0 Å². The Hall–Kier alpha value is -1.89. The standard InChI is InChI=1S/C23H32N2O4S/c1-15-3-7-19(8-4-15)24-22(26)13-16(2)30(28,29)20-9-10-21-18(14-20)11-12-25(21)23(27)17-5-6-17/h9-10,14-17,19H,3-8,11-13H2,1-2H3,(H,24,26). The third-order valence-corrected chi connectivity index (χ3v) is 8.99. The van der Waals surface area contributed by atoms with Crippen LogP contribution < -0.4 is 10.2 Å². The van der Waals surface area contributed by atoms with Gasteiger partial charge in [-0.25, -0.2) is 8.42 Å². The molecule has 1 aromatic rings. The summed E-state index contributed by atoms with van der Waals surface area (Å²) in [6, 6.07) is 5.20. The van der Waals surface area contributed by atoms with Gasteiger partial charge in [-0.05, 0) is 81.5 Å². The molecule has 1 aromatic carbocycles. The monoisotopic (exact) mass is 432 g/mol. The van der Waals surface area contributed by atoms with E-state index in [1.54, 1.807) is 30.0 Å². The molecule has 0 spiro atoms. The molecule has 1 N–H and O–H groups in total. The summed E-state index contributed by atoms with van der Waals surface area (Å²) in [5.41, 5.74) is 1.74. The van der Waals surface area contributed by atoms with Crippen molar-refractivity contribution in [1.82, 2.24) is 5.32 Å². The van der Waals surface area contributed by atoms with Gasteiger partial charge in [-0.2, -0.15) is 0 Å². The lowest BCUT2D eigenvalue weighted by Gasteiger charge is -2.27. The molecule has 30 heavy (non-hydrogen) atoms. The quantitative estimate of drug-likeness (QED) is 0.748. The molecule has 1 heterocycles. The average Bonchev–Trinajstić information content (AvgIpc) is 3.48. The summed E-state index contributed by atoms with van der Waals surface area (Å²) >= 11 is 0. The normalized spacial score (nSPS) is 24.9. The molecule has 0 radical (unpaired) electrons. The van der Waals surface area contributed by atoms with E-state index in [4.69, 9.17) is 0 Å². The number of carbonyl (C=O) groups excluding carboxylic acids is 2. The highest BCUT2D eigenvalue weighted by Crippen LogP contribution is 2.37. The summed E-state index contributed by atoms with van der Waals surface area (Å²) in [7, 11) is -3.61. The van der Waals surface area contributed by atoms with Crippen LogP contribution in [0.25, 0.3) is 0 Å². The minimum atomic E-state index is -3.61. The Bertz CT molecular complexity index is 931. The lowest BCUT2D eigenvalue weighted by molar-refractivity contribution is -0.122. The number of nitrogens with one attached hydrogen (secondary N) is 1. The number of rotatable bonds is 6. The van der Waals surface area contributed by atoms with Crippen molar-refractivity contribution in [3.05, 3.63) is 23.8 Å². The predicted octanol–water partition coefficient (Wildman–Crippen LogP) is 3.23. The van der Waals surface area contributed by atoms with E-state index < -0.39 is 15.1 Å². The Morgan fingerprint density at radius 1 is 1.13 bits per heavy atom. The largest absolute Gasteiger partial charge is 0.353 e. The maximum Gasteiger partial charge on any atom is 0.230 e. The third-order valence-electron chi connectivity index (χ3n) is 6.85. The molecule has 2 saturated carbocycles. The molecule has 0 aromatic heterocycles. The molecule has 1 unspecified atom stereocenters. The number of hydrogen-bond acceptors (Lipinski definition) is 4. The van der Waals surface area contributed by atoms with E-state index in [0.717, 1.165) is 49.8 Å². The zero-order valence-corrected chi connectivity index (χ0v) is 18.7. The summed E-state index contributed by atoms with van der Waals surface area (Å²) < 4.78 is 26.2. The molecule has 2 amide bonds. The molecular weight excluding hydrogens is 400 g/mol. The Balaban J connectivity index is 1.40. The van der Waals surface area contributed by atoms with E-state index >= 15 is 0 Å². The smallest absolute Gasteiger partial charge is 0.230 e. The van der Waals surface area contributed by atoms with Gasteiger partial charge in [-0.1, -0.05) is 6.92 Å². The van der Waals surface area contributed by atoms with Crippen LogP contribution in [-0.4, -0.2) is 38.1 Å². The van der Waals surface area contributed by atoms with E-state index in [1.165, 1.54) is 0 Å². The molecule has 3 aliphatic rings. The van der Waals surface area contributed by atoms with Gasteiger partial charge in [-0.15, -0.1) is 0 Å². The highest BCUT2D eigenvalue weighted by Gasteiger charge is 2.37. The molecule has 0 bridgehead atoms. The van der Waals surface area contributed by atoms with Crippen molar-refractivity contribution in [2.24, 2.45) is 11.8 Å². The van der Waals surface area contributed by atoms with E-state index in [9.17, 15) is 18.0 Å². The van der Waals surface area contributed by atoms with Crippen molar-refractivity contribution in [2.75, 3.05) is 11.4 Å². The van der Waals surface area contributed by atoms with Gasteiger partial charge in [0.25, 0.3) is 0 Å². The highest BCUT2D eigenvalue weighted by molar-refractivity contribution is 7.92. The molecule has 2 aliphatic carbocycles. The van der Waals surface area contributed by atoms with Crippen LogP contribution in [0.5, 0.6) is 0 Å². The number of nitrogens with zero attached hydrogens (tertiary/aromatic N) is 1. The van der Waals surface area contributed by atoms with Crippen molar-refractivity contribution in [2.45, 2.75) is 81.4 Å². The molecule has 164 valence electrons. The lowest BCUT2D eigenvalue weighted by Crippen LogP contribution is -2.39. The number of amides is 2. The zero-order valence-electron chi connectivity index (χ0n) is 17.9. The Morgan fingerprint density at radius 2 is 1.83 bits per heavy atom. The summed E-state index contributed by atoms with van der Waals surface area (Å²) in [6.07, 6.45) is 6.70. The van der Waals surface area contributed by atoms with Crippen LogP contribution >= 0.6 is 0 Å². The summed E-state index contributed by atoms with van der Waals surface area (Å²) in [5, 5.41) is 2.23. The first-order chi connectivity index (χ1) is 14.3. The lowest BCUT2D eigenvalue weighted by atomic mass is 9.87. The minimum Gasteiger partial charge on any atom is -0.353 e. The number of benzene rings is 1. The van der Waals surface area contributed by atoms with Crippen LogP contribution in [0.2, 0.25) is 0 Å². The van der Waals surface area contributed by atoms with Crippen LogP contribution in [0, 0.1) is 11.8 Å². The van der Waals surface area contributed by atoms with Gasteiger partial charge in [0.2, 0.25) is 11.8 Å². The fraction of sp³-hybridized carbons (Fsp3) is 0.652. The maximum atomic E-state index is 13.1. The Kier molecular flexibility index (Phi) is 5.93. The molecule has 4 rings (SSSR count). The van der Waals surface area contributed by atoms with Crippen molar-refractivity contribution < 1.29 is 18.0 Å². The summed E-state index contributed by atoms with van der Waals surface area (Å²) in [5.74, 6) is 0.817. The first-order valence-electron chi connectivity index (χ1n) is 11.2. The number of carbonyl (C=O) groups is 2. The minimum absolute atomic E-state index is 0.0300.